The zero-order valence-electron chi connectivity index (χ0n) is 47.7. The number of amides is 8. The fourth-order valence-electron chi connectivity index (χ4n) is 8.63. The van der Waals surface area contributed by atoms with Gasteiger partial charge < -0.3 is 116 Å². The Hall–Kier alpha value is -7.85. The molecule has 1 rings (SSSR count). The summed E-state index contributed by atoms with van der Waals surface area (Å²) in [5.74, 6) is -8.11. The Morgan fingerprint density at radius 3 is 1.23 bits per heavy atom. The first-order valence-electron chi connectivity index (χ1n) is 28.2. The standard InChI is InChI=1S/C49H96N24O10/c50-20-4-1-12-29(53)38(75)68-32(16-8-24-63-47(56)57)41(78)70-31(13-2-5-21-51)40(77)69-30(15-7-23-62-46(54)55)39(76)66-28-37(74)67-34(18-10-26-65-49(60)61)44(81)73-27-11-19-36(73)43(80)71-33(17-9-25-64-48(58)59)42(79)72-35(45(82)83)14-3-6-22-52/h29-36H,1-28,50-53H2,(H,66,76)(H,67,74)(H,68,75)(H,69,77)(H,70,78)(H,71,80)(H,72,79)(H,82,83)(H4,54,55,62)(H4,56,57,63)(H4,58,59,64)(H4,60,61,65)/t29-,30-,31-,32-,33-,34-,35-,36-/m0/s1. The van der Waals surface area contributed by atoms with Crippen LogP contribution in [0.25, 0.3) is 0 Å². The molecule has 1 fully saturated rings. The minimum atomic E-state index is -1.34. The second-order valence-electron chi connectivity index (χ2n) is 19.9. The molecule has 1 saturated heterocycles. The number of rotatable bonds is 44. The molecule has 0 spiro atoms. The molecule has 0 aromatic heterocycles. The second-order valence-corrected chi connectivity index (χ2v) is 19.9. The average Bonchev–Trinajstić information content (AvgIpc) is 4.09. The normalized spacial score (nSPS) is 15.2. The van der Waals surface area contributed by atoms with Gasteiger partial charge in [0.05, 0.1) is 12.6 Å². The summed E-state index contributed by atoms with van der Waals surface area (Å²) in [5, 5.41) is 28.2. The quantitative estimate of drug-likeness (QED) is 0.0153. The van der Waals surface area contributed by atoms with Crippen LogP contribution in [0.4, 0.5) is 0 Å². The van der Waals surface area contributed by atoms with Gasteiger partial charge in [0.2, 0.25) is 47.3 Å². The molecule has 0 aliphatic carbocycles. The lowest BCUT2D eigenvalue weighted by Gasteiger charge is -2.30. The van der Waals surface area contributed by atoms with Gasteiger partial charge in [0.1, 0.15) is 42.3 Å². The Morgan fingerprint density at radius 2 is 0.807 bits per heavy atom. The summed E-state index contributed by atoms with van der Waals surface area (Å²) in [7, 11) is 0. The van der Waals surface area contributed by atoms with E-state index in [4.69, 9.17) is 68.8 Å². The highest BCUT2D eigenvalue weighted by Crippen LogP contribution is 2.21. The topological polar surface area (TPSA) is 623 Å². The minimum Gasteiger partial charge on any atom is -0.480 e. The molecule has 8 atom stereocenters. The van der Waals surface area contributed by atoms with Crippen LogP contribution in [0.2, 0.25) is 0 Å². The first-order chi connectivity index (χ1) is 39.4. The van der Waals surface area contributed by atoms with E-state index in [0.29, 0.717) is 64.5 Å². The van der Waals surface area contributed by atoms with Gasteiger partial charge in [0.25, 0.3) is 0 Å². The van der Waals surface area contributed by atoms with E-state index in [0.717, 1.165) is 0 Å². The number of likely N-dealkylation sites (tertiary alicyclic amines) is 1. The third kappa shape index (κ3) is 31.8. The summed E-state index contributed by atoms with van der Waals surface area (Å²) in [4.78, 5) is 140. The number of unbranched alkanes of at least 4 members (excludes halogenated alkanes) is 3. The van der Waals surface area contributed by atoms with E-state index in [1.54, 1.807) is 0 Å². The van der Waals surface area contributed by atoms with Gasteiger partial charge in [-0.1, -0.05) is 6.42 Å². The molecular formula is C49H96N24O10. The lowest BCUT2D eigenvalue weighted by molar-refractivity contribution is -0.143. The third-order valence-electron chi connectivity index (χ3n) is 13.0. The number of carboxylic acids is 1. The number of guanidine groups is 4. The number of nitrogens with zero attached hydrogens (tertiary/aromatic N) is 5. The van der Waals surface area contributed by atoms with Crippen molar-refractivity contribution in [3.63, 3.8) is 0 Å². The lowest BCUT2D eigenvalue weighted by atomic mass is 10.0. The van der Waals surface area contributed by atoms with Gasteiger partial charge in [0, 0.05) is 32.7 Å². The smallest absolute Gasteiger partial charge is 0.326 e. The molecule has 8 amide bonds. The molecule has 0 unspecified atom stereocenters. The van der Waals surface area contributed by atoms with E-state index in [1.807, 2.05) is 0 Å². The first kappa shape index (κ1) is 73.2. The van der Waals surface area contributed by atoms with Crippen molar-refractivity contribution in [2.45, 2.75) is 170 Å². The van der Waals surface area contributed by atoms with Crippen molar-refractivity contribution in [3.05, 3.63) is 0 Å². The van der Waals surface area contributed by atoms with E-state index in [-0.39, 0.29) is 134 Å². The predicted octanol–water partition coefficient (Wildman–Crippen LogP) is -7.98. The molecule has 34 heteroatoms. The molecule has 83 heavy (non-hydrogen) atoms. The highest BCUT2D eigenvalue weighted by atomic mass is 16.4. The maximum atomic E-state index is 14.4. The van der Waals surface area contributed by atoms with Gasteiger partial charge >= 0.3 is 5.97 Å². The van der Waals surface area contributed by atoms with E-state index < -0.39 is 108 Å². The van der Waals surface area contributed by atoms with Crippen molar-refractivity contribution < 1.29 is 48.3 Å². The number of aliphatic imine (C=N–C) groups is 4. The largest absolute Gasteiger partial charge is 0.480 e. The predicted molar refractivity (Wildman–Crippen MR) is 313 cm³/mol. The molecular weight excluding hydrogens is 1080 g/mol. The van der Waals surface area contributed by atoms with E-state index in [1.165, 1.54) is 4.90 Å². The Kier molecular flexibility index (Phi) is 37.1. The number of carboxylic acid groups (broad SMARTS) is 1. The molecule has 1 aliphatic heterocycles. The second kappa shape index (κ2) is 42.0. The van der Waals surface area contributed by atoms with Gasteiger partial charge in [-0.3, -0.25) is 58.3 Å². The van der Waals surface area contributed by atoms with Gasteiger partial charge in [0.15, 0.2) is 23.8 Å². The Bertz CT molecular complexity index is 2170. The number of aliphatic carboxylic acids is 1. The Balaban J connectivity index is 3.46. The highest BCUT2D eigenvalue weighted by molar-refractivity contribution is 5.97. The molecule has 32 N–H and O–H groups in total. The number of carbonyl (C=O) groups is 9. The summed E-state index contributed by atoms with van der Waals surface area (Å²) in [5.41, 5.74) is 67.0. The van der Waals surface area contributed by atoms with Crippen LogP contribution in [0.1, 0.15) is 122 Å². The molecule has 0 radical (unpaired) electrons. The van der Waals surface area contributed by atoms with Gasteiger partial charge in [-0.15, -0.1) is 0 Å². The molecule has 1 heterocycles. The third-order valence-corrected chi connectivity index (χ3v) is 13.0. The van der Waals surface area contributed by atoms with Crippen molar-refractivity contribution in [2.75, 3.05) is 58.9 Å². The fraction of sp³-hybridized carbons (Fsp3) is 0.735. The minimum absolute atomic E-state index is 0.0101. The Labute approximate surface area is 484 Å². The summed E-state index contributed by atoms with van der Waals surface area (Å²) in [6.45, 7) is 0.651. The molecule has 1 aliphatic rings. The SMILES string of the molecule is NCCCC[C@H](NC(=O)[C@H](CCCN=C(N)N)NC(=O)[C@@H]1CCCN1C(=O)[C@H](CCCN=C(N)N)NC(=O)CNC(=O)[C@H](CCCN=C(N)N)NC(=O)[C@H](CCCCN)NC(=O)[C@H](CCCN=C(N)N)NC(=O)[C@@H](N)CCCCN)C(=O)O. The summed E-state index contributed by atoms with van der Waals surface area (Å²) >= 11 is 0. The molecule has 0 bridgehead atoms. The zero-order valence-corrected chi connectivity index (χ0v) is 47.7. The molecule has 0 aromatic rings. The maximum absolute atomic E-state index is 14.4. The number of carbonyl (C=O) groups excluding carboxylic acids is 8. The van der Waals surface area contributed by atoms with Crippen molar-refractivity contribution in [1.29, 1.82) is 0 Å². The van der Waals surface area contributed by atoms with Crippen LogP contribution in [0, 0.1) is 0 Å². The van der Waals surface area contributed by atoms with Crippen molar-refractivity contribution >= 4 is 77.1 Å². The Morgan fingerprint density at radius 1 is 0.446 bits per heavy atom. The van der Waals surface area contributed by atoms with Crippen LogP contribution in [-0.2, 0) is 43.2 Å². The van der Waals surface area contributed by atoms with Crippen molar-refractivity contribution in [3.8, 4) is 0 Å². The molecule has 472 valence electrons. The monoisotopic (exact) mass is 1180 g/mol. The molecule has 0 aromatic carbocycles. The van der Waals surface area contributed by atoms with Crippen LogP contribution < -0.4 is 106 Å². The van der Waals surface area contributed by atoms with Crippen molar-refractivity contribution in [1.82, 2.24) is 42.1 Å². The van der Waals surface area contributed by atoms with Crippen LogP contribution >= 0.6 is 0 Å². The summed E-state index contributed by atoms with van der Waals surface area (Å²) in [6, 6.07) is -9.72. The van der Waals surface area contributed by atoms with Crippen LogP contribution in [0.3, 0.4) is 0 Å². The lowest BCUT2D eigenvalue weighted by Crippen LogP contribution is -2.58. The molecule has 34 nitrogen and oxygen atoms in total. The zero-order chi connectivity index (χ0) is 62.3. The number of hydrogen-bond acceptors (Lipinski definition) is 17. The van der Waals surface area contributed by atoms with E-state index in [2.05, 4.69) is 57.2 Å². The van der Waals surface area contributed by atoms with Gasteiger partial charge in [-0.05, 0) is 135 Å². The number of hydrogen-bond donors (Lipinski definition) is 20. The van der Waals surface area contributed by atoms with Crippen LogP contribution in [0.5, 0.6) is 0 Å². The summed E-state index contributed by atoms with van der Waals surface area (Å²) in [6.07, 6.45) is 4.63. The van der Waals surface area contributed by atoms with Gasteiger partial charge in [-0.25, -0.2) is 4.79 Å². The highest BCUT2D eigenvalue weighted by Gasteiger charge is 2.39. The van der Waals surface area contributed by atoms with Gasteiger partial charge in [-0.2, -0.15) is 0 Å². The maximum Gasteiger partial charge on any atom is 0.326 e. The van der Waals surface area contributed by atoms with Crippen LogP contribution in [0.15, 0.2) is 20.0 Å². The van der Waals surface area contributed by atoms with E-state index in [9.17, 15) is 48.3 Å². The van der Waals surface area contributed by atoms with Crippen LogP contribution in [-0.4, -0.2) is 194 Å². The molecule has 0 saturated carbocycles. The fourth-order valence-corrected chi connectivity index (χ4v) is 8.63. The summed E-state index contributed by atoms with van der Waals surface area (Å²) < 4.78 is 0. The van der Waals surface area contributed by atoms with Crippen molar-refractivity contribution in [2.24, 2.45) is 88.8 Å². The number of nitrogens with one attached hydrogen (secondary N) is 7. The first-order valence-corrected chi connectivity index (χ1v) is 28.2. The number of nitrogens with two attached hydrogens (primary N) is 12. The van der Waals surface area contributed by atoms with E-state index >= 15 is 0 Å². The average molecular weight is 1180 g/mol.